The van der Waals surface area contributed by atoms with Crippen LogP contribution in [0, 0.1) is 0 Å². The van der Waals surface area contributed by atoms with Crippen LogP contribution in [0.1, 0.15) is 26.7 Å². The number of carbonyl (C=O) groups excluding carboxylic acids is 3. The molecule has 1 rings (SSSR count). The fraction of sp³-hybridized carbons (Fsp3) is 0.583. The van der Waals surface area contributed by atoms with Gasteiger partial charge in [0.15, 0.2) is 0 Å². The average Bonchev–Trinajstić information content (AvgIpc) is 2.27. The van der Waals surface area contributed by atoms with Crippen molar-refractivity contribution in [1.82, 2.24) is 4.90 Å². The van der Waals surface area contributed by atoms with Crippen molar-refractivity contribution >= 4 is 29.7 Å². The lowest BCUT2D eigenvalue weighted by molar-refractivity contribution is -0.146. The van der Waals surface area contributed by atoms with E-state index in [0.717, 1.165) is 4.90 Å². The van der Waals surface area contributed by atoms with E-state index >= 15 is 0 Å². The Balaban J connectivity index is 2.29. The Kier molecular flexibility index (Phi) is 5.88. The first-order valence-electron chi connectivity index (χ1n) is 5.88. The van der Waals surface area contributed by atoms with Crippen LogP contribution in [0.15, 0.2) is 12.0 Å². The lowest BCUT2D eigenvalue weighted by Crippen LogP contribution is -2.54. The first kappa shape index (κ1) is 15.6. The number of thioether (sulfide) groups is 1. The molecule has 0 aromatic rings. The molecule has 1 fully saturated rings. The van der Waals surface area contributed by atoms with Crippen LogP contribution >= 0.6 is 11.8 Å². The second kappa shape index (κ2) is 7.18. The lowest BCUT2D eigenvalue weighted by atomic mass is 10.2. The van der Waals surface area contributed by atoms with Crippen molar-refractivity contribution in [3.8, 4) is 0 Å². The average molecular weight is 287 g/mol. The molecular weight excluding hydrogens is 270 g/mol. The maximum absolute atomic E-state index is 11.7. The van der Waals surface area contributed by atoms with Gasteiger partial charge in [-0.25, -0.2) is 9.69 Å². The van der Waals surface area contributed by atoms with E-state index in [9.17, 15) is 14.4 Å². The fourth-order valence-corrected chi connectivity index (χ4v) is 2.34. The van der Waals surface area contributed by atoms with Gasteiger partial charge < -0.3 is 9.47 Å². The zero-order chi connectivity index (χ0) is 14.4. The Morgan fingerprint density at radius 2 is 2.32 bits per heavy atom. The number of rotatable bonds is 6. The number of nitrogens with zero attached hydrogens (tertiary/aromatic N) is 1. The first-order valence-corrected chi connectivity index (χ1v) is 6.82. The minimum absolute atomic E-state index is 0.0997. The molecule has 0 aliphatic carbocycles. The summed E-state index contributed by atoms with van der Waals surface area (Å²) in [6.45, 7) is 6.66. The van der Waals surface area contributed by atoms with Gasteiger partial charge in [-0.1, -0.05) is 6.58 Å². The monoisotopic (exact) mass is 287 g/mol. The summed E-state index contributed by atoms with van der Waals surface area (Å²) in [5.41, 5.74) is 0. The number of hydrogen-bond acceptors (Lipinski definition) is 6. The number of imide groups is 1. The SMILES string of the molecule is C=CS[C@@H]1CC(=O)N1C(=O)OCC[C@H](C)OC(C)=O. The molecule has 6 nitrogen and oxygen atoms in total. The third-order valence-corrected chi connectivity index (χ3v) is 3.36. The predicted molar refractivity (Wildman–Crippen MR) is 70.2 cm³/mol. The summed E-state index contributed by atoms with van der Waals surface area (Å²) in [7, 11) is 0. The van der Waals surface area contributed by atoms with E-state index in [2.05, 4.69) is 6.58 Å². The highest BCUT2D eigenvalue weighted by Gasteiger charge is 2.41. The fourth-order valence-electron chi connectivity index (χ4n) is 1.55. The van der Waals surface area contributed by atoms with Crippen LogP contribution in [0.5, 0.6) is 0 Å². The van der Waals surface area contributed by atoms with Crippen molar-refractivity contribution in [1.29, 1.82) is 0 Å². The third kappa shape index (κ3) is 4.59. The molecule has 106 valence electrons. The highest BCUT2D eigenvalue weighted by atomic mass is 32.2. The van der Waals surface area contributed by atoms with Crippen LogP contribution in [0.2, 0.25) is 0 Å². The summed E-state index contributed by atoms with van der Waals surface area (Å²) in [5.74, 6) is -0.628. The summed E-state index contributed by atoms with van der Waals surface area (Å²) < 4.78 is 9.86. The molecule has 1 saturated heterocycles. The van der Waals surface area contributed by atoms with Gasteiger partial charge in [0, 0.05) is 13.3 Å². The van der Waals surface area contributed by atoms with Gasteiger partial charge in [0.25, 0.3) is 0 Å². The van der Waals surface area contributed by atoms with E-state index in [0.29, 0.717) is 12.8 Å². The van der Waals surface area contributed by atoms with Gasteiger partial charge in [-0.3, -0.25) is 9.59 Å². The third-order valence-electron chi connectivity index (χ3n) is 2.47. The Hall–Kier alpha value is -1.50. The minimum Gasteiger partial charge on any atom is -0.463 e. The Labute approximate surface area is 116 Å². The van der Waals surface area contributed by atoms with Crippen LogP contribution in [0.25, 0.3) is 0 Å². The maximum Gasteiger partial charge on any atom is 0.417 e. The second-order valence-corrected chi connectivity index (χ2v) is 5.20. The van der Waals surface area contributed by atoms with Gasteiger partial charge in [0.1, 0.15) is 11.5 Å². The zero-order valence-corrected chi connectivity index (χ0v) is 11.8. The van der Waals surface area contributed by atoms with E-state index in [1.807, 2.05) is 0 Å². The van der Waals surface area contributed by atoms with Crippen LogP contribution in [0.4, 0.5) is 4.79 Å². The van der Waals surface area contributed by atoms with Gasteiger partial charge in [0.05, 0.1) is 13.0 Å². The summed E-state index contributed by atoms with van der Waals surface area (Å²) >= 11 is 1.31. The van der Waals surface area contributed by atoms with Gasteiger partial charge in [0.2, 0.25) is 5.91 Å². The molecule has 1 aliphatic heterocycles. The smallest absolute Gasteiger partial charge is 0.417 e. The standard InChI is InChI=1S/C12H17NO5S/c1-4-19-11-7-10(15)13(11)12(16)17-6-5-8(2)18-9(3)14/h4,8,11H,1,5-7H2,2-3H3/t8-,11+/m0/s1. The zero-order valence-electron chi connectivity index (χ0n) is 11.0. The largest absolute Gasteiger partial charge is 0.463 e. The van der Waals surface area contributed by atoms with Crippen molar-refractivity contribution < 1.29 is 23.9 Å². The van der Waals surface area contributed by atoms with E-state index in [-0.39, 0.29) is 30.0 Å². The molecule has 7 heteroatoms. The van der Waals surface area contributed by atoms with Crippen LogP contribution in [-0.2, 0) is 19.1 Å². The highest BCUT2D eigenvalue weighted by Crippen LogP contribution is 2.30. The summed E-state index contributed by atoms with van der Waals surface area (Å²) in [6, 6.07) is 0. The first-order chi connectivity index (χ1) is 8.95. The molecule has 1 heterocycles. The number of esters is 1. The number of β-lactam (4-membered cyclic amide) rings is 1. The molecular formula is C12H17NO5S. The second-order valence-electron chi connectivity index (χ2n) is 4.05. The van der Waals surface area contributed by atoms with Gasteiger partial charge in [-0.15, -0.1) is 11.8 Å². The molecule has 0 N–H and O–H groups in total. The minimum atomic E-state index is -0.661. The van der Waals surface area contributed by atoms with Crippen molar-refractivity contribution in [3.63, 3.8) is 0 Å². The van der Waals surface area contributed by atoms with Crippen LogP contribution in [-0.4, -0.2) is 41.0 Å². The molecule has 0 bridgehead atoms. The molecule has 0 unspecified atom stereocenters. The Morgan fingerprint density at radius 1 is 1.63 bits per heavy atom. The number of amides is 2. The Morgan fingerprint density at radius 3 is 2.84 bits per heavy atom. The molecule has 0 spiro atoms. The molecule has 19 heavy (non-hydrogen) atoms. The van der Waals surface area contributed by atoms with Crippen molar-refractivity contribution in [2.24, 2.45) is 0 Å². The van der Waals surface area contributed by atoms with Crippen molar-refractivity contribution in [2.75, 3.05) is 6.61 Å². The van der Waals surface area contributed by atoms with E-state index in [4.69, 9.17) is 9.47 Å². The molecule has 0 radical (unpaired) electrons. The van der Waals surface area contributed by atoms with Crippen LogP contribution < -0.4 is 0 Å². The normalized spacial score (nSPS) is 19.4. The van der Waals surface area contributed by atoms with E-state index in [1.165, 1.54) is 18.7 Å². The molecule has 2 amide bonds. The number of ether oxygens (including phenoxy) is 2. The molecule has 2 atom stereocenters. The van der Waals surface area contributed by atoms with Crippen molar-refractivity contribution in [3.05, 3.63) is 12.0 Å². The predicted octanol–water partition coefficient (Wildman–Crippen LogP) is 1.90. The van der Waals surface area contributed by atoms with Gasteiger partial charge >= 0.3 is 12.1 Å². The summed E-state index contributed by atoms with van der Waals surface area (Å²) in [4.78, 5) is 34.7. The summed E-state index contributed by atoms with van der Waals surface area (Å²) in [5, 5.41) is 1.36. The molecule has 0 saturated carbocycles. The molecule has 0 aromatic carbocycles. The molecule has 0 aromatic heterocycles. The topological polar surface area (TPSA) is 72.9 Å². The van der Waals surface area contributed by atoms with Crippen molar-refractivity contribution in [2.45, 2.75) is 38.2 Å². The quantitative estimate of drug-likeness (QED) is 0.549. The number of carbonyl (C=O) groups is 3. The number of likely N-dealkylation sites (tertiary alicyclic amines) is 1. The maximum atomic E-state index is 11.7. The highest BCUT2D eigenvalue weighted by molar-refractivity contribution is 8.02. The summed E-state index contributed by atoms with van der Waals surface area (Å²) in [6.07, 6.45) is -0.274. The van der Waals surface area contributed by atoms with Gasteiger partial charge in [-0.05, 0) is 12.3 Å². The Bertz CT molecular complexity index is 382. The van der Waals surface area contributed by atoms with Gasteiger partial charge in [-0.2, -0.15) is 0 Å². The number of hydrogen-bond donors (Lipinski definition) is 0. The van der Waals surface area contributed by atoms with E-state index in [1.54, 1.807) is 12.3 Å². The lowest BCUT2D eigenvalue weighted by Gasteiger charge is -2.36. The van der Waals surface area contributed by atoms with Crippen LogP contribution in [0.3, 0.4) is 0 Å². The molecule has 1 aliphatic rings. The van der Waals surface area contributed by atoms with E-state index < -0.39 is 6.09 Å².